The molecule has 0 bridgehead atoms. The molecule has 0 aromatic heterocycles. The average Bonchev–Trinajstić information content (AvgIpc) is 2.69. The van der Waals surface area contributed by atoms with E-state index in [1.807, 2.05) is 0 Å². The SMILES string of the molecule is CSCCC(NC(=O)C(N)CCC(=O)O)C(=O)NC(C(=O)NC(CS)C(=O)O)C(C)O. The van der Waals surface area contributed by atoms with Crippen LogP contribution in [-0.4, -0.2) is 93.0 Å². The summed E-state index contributed by atoms with van der Waals surface area (Å²) in [4.78, 5) is 59.0. The van der Waals surface area contributed by atoms with Crippen molar-refractivity contribution in [1.82, 2.24) is 16.0 Å². The van der Waals surface area contributed by atoms with Crippen LogP contribution in [0.4, 0.5) is 0 Å². The number of amides is 3. The van der Waals surface area contributed by atoms with Gasteiger partial charge in [0.05, 0.1) is 12.1 Å². The lowest BCUT2D eigenvalue weighted by atomic mass is 10.1. The van der Waals surface area contributed by atoms with Gasteiger partial charge >= 0.3 is 11.9 Å². The fourth-order valence-corrected chi connectivity index (χ4v) is 3.02. The van der Waals surface area contributed by atoms with Crippen LogP contribution in [0.3, 0.4) is 0 Å². The van der Waals surface area contributed by atoms with Gasteiger partial charge in [-0.15, -0.1) is 0 Å². The third-order valence-corrected chi connectivity index (χ3v) is 5.12. The number of nitrogens with one attached hydrogen (secondary N) is 3. The highest BCUT2D eigenvalue weighted by atomic mass is 32.2. The number of aliphatic hydroxyl groups is 1. The Balaban J connectivity index is 5.26. The van der Waals surface area contributed by atoms with Crippen LogP contribution in [-0.2, 0) is 24.0 Å². The molecule has 0 aliphatic rings. The molecule has 31 heavy (non-hydrogen) atoms. The van der Waals surface area contributed by atoms with Gasteiger partial charge in [0, 0.05) is 12.2 Å². The van der Waals surface area contributed by atoms with Crippen molar-refractivity contribution in [2.75, 3.05) is 17.8 Å². The van der Waals surface area contributed by atoms with Crippen LogP contribution in [0.5, 0.6) is 0 Å². The molecule has 5 unspecified atom stereocenters. The van der Waals surface area contributed by atoms with Gasteiger partial charge in [-0.3, -0.25) is 19.2 Å². The Bertz CT molecular complexity index is 650. The zero-order valence-electron chi connectivity index (χ0n) is 17.2. The topological polar surface area (TPSA) is 208 Å². The number of carbonyl (C=O) groups excluding carboxylic acids is 3. The lowest BCUT2D eigenvalue weighted by molar-refractivity contribution is -0.142. The van der Waals surface area contributed by atoms with E-state index >= 15 is 0 Å². The molecule has 0 saturated heterocycles. The minimum Gasteiger partial charge on any atom is -0.481 e. The van der Waals surface area contributed by atoms with Crippen LogP contribution < -0.4 is 21.7 Å². The number of carbonyl (C=O) groups is 5. The first-order valence-electron chi connectivity index (χ1n) is 9.33. The van der Waals surface area contributed by atoms with Gasteiger partial charge in [-0.25, -0.2) is 4.79 Å². The van der Waals surface area contributed by atoms with Crippen molar-refractivity contribution in [2.45, 2.75) is 56.5 Å². The third kappa shape index (κ3) is 11.2. The first-order valence-corrected chi connectivity index (χ1v) is 11.4. The summed E-state index contributed by atoms with van der Waals surface area (Å²) >= 11 is 5.23. The molecule has 12 nitrogen and oxygen atoms in total. The number of aliphatic hydroxyl groups excluding tert-OH is 1. The molecular formula is C17H30N4O8S2. The Labute approximate surface area is 189 Å². The molecule has 0 aromatic carbocycles. The second-order valence-corrected chi connectivity index (χ2v) is 8.04. The van der Waals surface area contributed by atoms with Gasteiger partial charge in [-0.05, 0) is 31.8 Å². The number of aliphatic carboxylic acids is 2. The van der Waals surface area contributed by atoms with E-state index in [1.54, 1.807) is 6.26 Å². The van der Waals surface area contributed by atoms with Gasteiger partial charge in [0.25, 0.3) is 0 Å². The first kappa shape index (κ1) is 29.0. The summed E-state index contributed by atoms with van der Waals surface area (Å²) in [6.07, 6.45) is 0.138. The van der Waals surface area contributed by atoms with Crippen molar-refractivity contribution in [1.29, 1.82) is 0 Å². The summed E-state index contributed by atoms with van der Waals surface area (Å²) in [5, 5.41) is 34.5. The van der Waals surface area contributed by atoms with Gasteiger partial charge in [0.1, 0.15) is 18.1 Å². The smallest absolute Gasteiger partial charge is 0.327 e. The minimum atomic E-state index is -1.48. The Kier molecular flexibility index (Phi) is 13.9. The summed E-state index contributed by atoms with van der Waals surface area (Å²) in [6.45, 7) is 1.23. The molecule has 0 aliphatic heterocycles. The van der Waals surface area contributed by atoms with E-state index in [4.69, 9.17) is 15.9 Å². The van der Waals surface area contributed by atoms with Gasteiger partial charge in [0.15, 0.2) is 0 Å². The number of hydrogen-bond acceptors (Lipinski definition) is 9. The molecule has 8 N–H and O–H groups in total. The maximum atomic E-state index is 12.7. The predicted molar refractivity (Wildman–Crippen MR) is 117 cm³/mol. The van der Waals surface area contributed by atoms with Crippen LogP contribution in [0.1, 0.15) is 26.2 Å². The quantitative estimate of drug-likeness (QED) is 0.118. The highest BCUT2D eigenvalue weighted by molar-refractivity contribution is 7.98. The summed E-state index contributed by atoms with van der Waals surface area (Å²) in [7, 11) is 0. The van der Waals surface area contributed by atoms with E-state index in [0.717, 1.165) is 0 Å². The number of carboxylic acids is 2. The molecular weight excluding hydrogens is 452 g/mol. The van der Waals surface area contributed by atoms with Crippen LogP contribution in [0.15, 0.2) is 0 Å². The number of carboxylic acid groups (broad SMARTS) is 2. The molecule has 14 heteroatoms. The van der Waals surface area contributed by atoms with Gasteiger partial charge in [-0.1, -0.05) is 0 Å². The van der Waals surface area contributed by atoms with E-state index < -0.39 is 59.9 Å². The van der Waals surface area contributed by atoms with Gasteiger partial charge in [-0.2, -0.15) is 24.4 Å². The zero-order valence-corrected chi connectivity index (χ0v) is 18.9. The number of thiol groups is 1. The highest BCUT2D eigenvalue weighted by Gasteiger charge is 2.32. The van der Waals surface area contributed by atoms with E-state index in [0.29, 0.717) is 5.75 Å². The van der Waals surface area contributed by atoms with E-state index in [9.17, 15) is 29.1 Å². The minimum absolute atomic E-state index is 0.128. The van der Waals surface area contributed by atoms with Crippen LogP contribution >= 0.6 is 24.4 Å². The van der Waals surface area contributed by atoms with E-state index in [2.05, 4.69) is 28.6 Å². The number of rotatable bonds is 15. The fourth-order valence-electron chi connectivity index (χ4n) is 2.30. The maximum absolute atomic E-state index is 12.7. The van der Waals surface area contributed by atoms with Crippen LogP contribution in [0, 0.1) is 0 Å². The van der Waals surface area contributed by atoms with Crippen LogP contribution in [0.25, 0.3) is 0 Å². The average molecular weight is 483 g/mol. The monoisotopic (exact) mass is 482 g/mol. The van der Waals surface area contributed by atoms with Crippen molar-refractivity contribution in [2.24, 2.45) is 5.73 Å². The fraction of sp³-hybridized carbons (Fsp3) is 0.706. The molecule has 0 fully saturated rings. The molecule has 178 valence electrons. The predicted octanol–water partition coefficient (Wildman–Crippen LogP) is -2.22. The van der Waals surface area contributed by atoms with Crippen molar-refractivity contribution in [3.63, 3.8) is 0 Å². The first-order chi connectivity index (χ1) is 14.4. The Morgan fingerprint density at radius 1 is 0.968 bits per heavy atom. The second-order valence-electron chi connectivity index (χ2n) is 6.69. The number of thioether (sulfide) groups is 1. The van der Waals surface area contributed by atoms with E-state index in [1.165, 1.54) is 18.7 Å². The lowest BCUT2D eigenvalue weighted by Crippen LogP contribution is -2.60. The highest BCUT2D eigenvalue weighted by Crippen LogP contribution is 2.05. The summed E-state index contributed by atoms with van der Waals surface area (Å²) in [5.41, 5.74) is 5.66. The largest absolute Gasteiger partial charge is 0.481 e. The standard InChI is InChI=1S/C17H30N4O8S2/c1-8(22)13(16(27)20-11(7-30)17(28)29)21-15(26)10(5-6-31-2)19-14(25)9(18)3-4-12(23)24/h8-11,13,22,30H,3-7,18H2,1-2H3,(H,19,25)(H,20,27)(H,21,26)(H,23,24)(H,28,29). The zero-order chi connectivity index (χ0) is 24.1. The second kappa shape index (κ2) is 14.9. The Morgan fingerprint density at radius 3 is 2.00 bits per heavy atom. The molecule has 0 spiro atoms. The molecule has 0 aromatic rings. The van der Waals surface area contributed by atoms with Crippen molar-refractivity contribution >= 4 is 54.1 Å². The summed E-state index contributed by atoms with van der Waals surface area (Å²) < 4.78 is 0. The summed E-state index contributed by atoms with van der Waals surface area (Å²) in [5.74, 6) is -4.64. The third-order valence-electron chi connectivity index (χ3n) is 4.11. The van der Waals surface area contributed by atoms with Gasteiger partial charge < -0.3 is 37.0 Å². The molecule has 0 rings (SSSR count). The van der Waals surface area contributed by atoms with Crippen molar-refractivity contribution < 1.29 is 39.3 Å². The lowest BCUT2D eigenvalue weighted by Gasteiger charge is -2.26. The number of nitrogens with two attached hydrogens (primary N) is 1. The molecule has 0 saturated carbocycles. The molecule has 0 heterocycles. The van der Waals surface area contributed by atoms with Crippen molar-refractivity contribution in [3.05, 3.63) is 0 Å². The molecule has 5 atom stereocenters. The maximum Gasteiger partial charge on any atom is 0.327 e. The van der Waals surface area contributed by atoms with Crippen LogP contribution in [0.2, 0.25) is 0 Å². The number of hydrogen-bond donors (Lipinski definition) is 8. The normalized spacial score (nSPS) is 15.6. The Morgan fingerprint density at radius 2 is 1.55 bits per heavy atom. The summed E-state index contributed by atoms with van der Waals surface area (Å²) in [6, 6.07) is -5.06. The Hall–Kier alpha value is -2.03. The van der Waals surface area contributed by atoms with Crippen molar-refractivity contribution in [3.8, 4) is 0 Å². The molecule has 0 radical (unpaired) electrons. The van der Waals surface area contributed by atoms with E-state index in [-0.39, 0.29) is 25.0 Å². The van der Waals surface area contributed by atoms with Gasteiger partial charge in [0.2, 0.25) is 17.7 Å². The molecule has 3 amide bonds. The molecule has 0 aliphatic carbocycles.